The van der Waals surface area contributed by atoms with E-state index in [1.165, 1.54) is 17.2 Å². The van der Waals surface area contributed by atoms with Crippen LogP contribution in [0.5, 0.6) is 0 Å². The van der Waals surface area contributed by atoms with Crippen molar-refractivity contribution in [2.45, 2.75) is 56.0 Å². The van der Waals surface area contributed by atoms with Crippen LogP contribution in [0.15, 0.2) is 64.8 Å². The highest BCUT2D eigenvalue weighted by Gasteiger charge is 2.50. The maximum atomic E-state index is 15.5. The van der Waals surface area contributed by atoms with E-state index in [1.54, 1.807) is 0 Å². The van der Waals surface area contributed by atoms with Crippen molar-refractivity contribution < 1.29 is 36.9 Å². The summed E-state index contributed by atoms with van der Waals surface area (Å²) in [6.45, 7) is -5.30. The third-order valence-electron chi connectivity index (χ3n) is 7.50. The lowest BCUT2D eigenvalue weighted by Gasteiger charge is -2.29. The van der Waals surface area contributed by atoms with Crippen molar-refractivity contribution in [3.8, 4) is 6.07 Å². The Labute approximate surface area is 275 Å². The van der Waals surface area contributed by atoms with E-state index in [1.807, 2.05) is 41.4 Å². The fourth-order valence-electron chi connectivity index (χ4n) is 5.27. The van der Waals surface area contributed by atoms with Gasteiger partial charge in [0.25, 0.3) is 5.56 Å². The van der Waals surface area contributed by atoms with Crippen LogP contribution in [0.4, 0.5) is 20.3 Å². The molecule has 3 aromatic heterocycles. The van der Waals surface area contributed by atoms with Crippen LogP contribution in [0.2, 0.25) is 0 Å². The van der Waals surface area contributed by atoms with Crippen LogP contribution in [0.3, 0.4) is 0 Å². The monoisotopic (exact) mass is 706 g/mol. The van der Waals surface area contributed by atoms with Gasteiger partial charge in [0.15, 0.2) is 35.6 Å². The number of hydrogen-bond donors (Lipinski definition) is 3. The fraction of sp³-hybridized carbons (Fsp3) is 0.429. The van der Waals surface area contributed by atoms with E-state index >= 15 is 8.78 Å². The lowest BCUT2D eigenvalue weighted by atomic mass is 10.1. The Bertz CT molecular complexity index is 1940. The summed E-state index contributed by atoms with van der Waals surface area (Å²) in [5.74, 6) is 0.415. The summed E-state index contributed by atoms with van der Waals surface area (Å²) in [4.78, 5) is 39.0. The highest BCUT2D eigenvalue weighted by molar-refractivity contribution is 8.07. The molecule has 16 nitrogen and oxygen atoms in total. The molecule has 5 heterocycles. The smallest absolute Gasteiger partial charge is 0.330 e. The third-order valence-corrected chi connectivity index (χ3v) is 9.86. The molecule has 0 aliphatic carbocycles. The highest BCUT2D eigenvalue weighted by atomic mass is 32.5. The number of ether oxygens (including phenoxy) is 2. The molecule has 0 amide bonds. The zero-order valence-corrected chi connectivity index (χ0v) is 26.6. The van der Waals surface area contributed by atoms with Gasteiger partial charge in [0.1, 0.15) is 24.7 Å². The van der Waals surface area contributed by atoms with E-state index in [0.717, 1.165) is 22.5 Å². The number of nitrogens with one attached hydrogen (secondary N) is 2. The first-order valence-electron chi connectivity index (χ1n) is 14.6. The maximum absolute atomic E-state index is 15.5. The zero-order valence-electron chi connectivity index (χ0n) is 24.9. The summed E-state index contributed by atoms with van der Waals surface area (Å²) in [6, 6.07) is 12.2. The van der Waals surface area contributed by atoms with Crippen LogP contribution in [-0.2, 0) is 34.9 Å². The Morgan fingerprint density at radius 2 is 1.94 bits per heavy atom. The van der Waals surface area contributed by atoms with E-state index < -0.39 is 67.7 Å². The van der Waals surface area contributed by atoms with Gasteiger partial charge < -0.3 is 28.9 Å². The van der Waals surface area contributed by atoms with Gasteiger partial charge in [-0.3, -0.25) is 23.4 Å². The molecule has 2 fully saturated rings. The van der Waals surface area contributed by atoms with Crippen molar-refractivity contribution in [1.82, 2.24) is 29.1 Å². The third kappa shape index (κ3) is 7.21. The van der Waals surface area contributed by atoms with Gasteiger partial charge in [-0.05, 0) is 23.9 Å². The minimum atomic E-state index is -3.94. The quantitative estimate of drug-likeness (QED) is 0.135. The summed E-state index contributed by atoms with van der Waals surface area (Å²) in [5.41, 5.74) is -0.137. The Balaban J connectivity index is 1.18. The molecule has 3 N–H and O–H groups in total. The molecule has 0 spiro atoms. The molecule has 48 heavy (non-hydrogen) atoms. The average molecular weight is 707 g/mol. The average Bonchev–Trinajstić information content (AvgIpc) is 3.76. The number of rotatable bonds is 13. The first-order valence-corrected chi connectivity index (χ1v) is 17.2. The van der Waals surface area contributed by atoms with E-state index in [9.17, 15) is 14.7 Å². The molecule has 2 aliphatic heterocycles. The van der Waals surface area contributed by atoms with Crippen LogP contribution >= 0.6 is 6.72 Å². The Morgan fingerprint density at radius 3 is 2.69 bits per heavy atom. The van der Waals surface area contributed by atoms with Crippen molar-refractivity contribution in [2.24, 2.45) is 0 Å². The van der Waals surface area contributed by atoms with Gasteiger partial charge in [-0.15, -0.1) is 0 Å². The second-order valence-electron chi connectivity index (χ2n) is 10.7. The number of fused-ring (bicyclic) bond motifs is 1. The molecule has 1 aromatic carbocycles. The van der Waals surface area contributed by atoms with Gasteiger partial charge in [-0.1, -0.05) is 18.2 Å². The number of aliphatic hydroxyl groups excluding tert-OH is 1. The number of nitrogens with zero attached hydrogens (tertiary/aromatic N) is 6. The number of aliphatic hydroxyl groups is 1. The summed E-state index contributed by atoms with van der Waals surface area (Å²) in [7, 11) is 0. The molecule has 0 radical (unpaired) electrons. The molecule has 1 unspecified atom stereocenters. The van der Waals surface area contributed by atoms with Gasteiger partial charge in [-0.25, -0.2) is 28.5 Å². The van der Waals surface area contributed by atoms with Gasteiger partial charge >= 0.3 is 12.4 Å². The van der Waals surface area contributed by atoms with Crippen molar-refractivity contribution in [3.63, 3.8) is 0 Å². The summed E-state index contributed by atoms with van der Waals surface area (Å²) in [6.07, 6.45) is -6.52. The second kappa shape index (κ2) is 14.6. The van der Waals surface area contributed by atoms with E-state index in [2.05, 4.69) is 20.3 Å². The number of para-hydroxylation sites is 1. The van der Waals surface area contributed by atoms with E-state index in [4.69, 9.17) is 40.1 Å². The number of benzene rings is 1. The van der Waals surface area contributed by atoms with Crippen LogP contribution in [-0.4, -0.2) is 84.7 Å². The van der Waals surface area contributed by atoms with Crippen LogP contribution in [0.25, 0.3) is 11.2 Å². The first-order chi connectivity index (χ1) is 23.2. The van der Waals surface area contributed by atoms with Crippen molar-refractivity contribution in [3.05, 3.63) is 76.1 Å². The van der Waals surface area contributed by atoms with Crippen LogP contribution < -0.4 is 16.6 Å². The second-order valence-corrected chi connectivity index (χ2v) is 13.7. The number of nitriles is 1. The molecule has 0 bridgehead atoms. The Hall–Kier alpha value is -3.99. The Kier molecular flexibility index (Phi) is 10.3. The number of halogens is 2. The minimum Gasteiger partial charge on any atom is -0.394 e. The number of aromatic amines is 1. The van der Waals surface area contributed by atoms with Gasteiger partial charge in [-0.2, -0.15) is 5.26 Å². The van der Waals surface area contributed by atoms with Gasteiger partial charge in [0.05, 0.1) is 44.7 Å². The number of hydrogen-bond acceptors (Lipinski definition) is 14. The van der Waals surface area contributed by atoms with Gasteiger partial charge in [0, 0.05) is 24.4 Å². The van der Waals surface area contributed by atoms with Crippen molar-refractivity contribution in [2.75, 3.05) is 25.1 Å². The molecule has 2 saturated heterocycles. The topological polar surface area (TPSA) is 201 Å². The standard InChI is InChI=1S/C28H29F2N8O8PS/c29-18-11-17(44-26(18)38-15-34-22-24(32-14-33-25(22)38)35-16-5-2-1-3-6-16)13-43-47(48,42-10-4-8-31)46-23-21(30)19(12-39)45-27(23)37-9-7-20(40)36-28(37)41/h1-3,5-7,9,14-15,17-19,21,23,26-27,39H,4,10-13H2,(H,32,33,35)(H,36,40,41)/t17-,18-,19-,21-,23-,26-,27-,47?/m0/s1. The van der Waals surface area contributed by atoms with Crippen molar-refractivity contribution in [1.29, 1.82) is 5.26 Å². The van der Waals surface area contributed by atoms with Gasteiger partial charge in [0.2, 0.25) is 0 Å². The molecular formula is C28H29F2N8O8PS. The molecule has 0 saturated carbocycles. The lowest BCUT2D eigenvalue weighted by molar-refractivity contribution is -0.0562. The molecule has 6 rings (SSSR count). The number of anilines is 2. The molecule has 8 atom stereocenters. The fourth-order valence-corrected chi connectivity index (χ4v) is 7.35. The number of aromatic nitrogens is 6. The summed E-state index contributed by atoms with van der Waals surface area (Å²) >= 11 is 5.56. The first kappa shape index (κ1) is 33.9. The lowest BCUT2D eigenvalue weighted by Crippen LogP contribution is -2.37. The molecule has 254 valence electrons. The highest BCUT2D eigenvalue weighted by Crippen LogP contribution is 2.55. The number of imidazole rings is 1. The predicted molar refractivity (Wildman–Crippen MR) is 167 cm³/mol. The van der Waals surface area contributed by atoms with E-state index in [0.29, 0.717) is 17.0 Å². The molecule has 20 heteroatoms. The molecule has 2 aliphatic rings. The van der Waals surface area contributed by atoms with Crippen molar-refractivity contribution >= 4 is 41.2 Å². The SMILES string of the molecule is N#CCCOP(=S)(OC[C@@H]1C[C@H](F)[C@@H](n2cnc3c(Nc4ccccc4)ncnc32)O1)O[C@H]1[C@@H](F)[C@H](CO)O[C@@H]1n1ccc(=O)[nH]c1=O. The molecular weight excluding hydrogens is 677 g/mol. The molecule has 4 aromatic rings. The number of alkyl halides is 2. The summed E-state index contributed by atoms with van der Waals surface area (Å²) in [5, 5.41) is 21.9. The van der Waals surface area contributed by atoms with Crippen LogP contribution in [0, 0.1) is 11.3 Å². The van der Waals surface area contributed by atoms with Crippen LogP contribution in [0.1, 0.15) is 25.3 Å². The largest absolute Gasteiger partial charge is 0.394 e. The number of H-pyrrole nitrogens is 1. The minimum absolute atomic E-state index is 0.112. The van der Waals surface area contributed by atoms with E-state index in [-0.39, 0.29) is 26.1 Å². The normalized spacial score (nSPS) is 26.8. The summed E-state index contributed by atoms with van der Waals surface area (Å²) < 4.78 is 62.2. The maximum Gasteiger partial charge on any atom is 0.330 e. The predicted octanol–water partition coefficient (Wildman–Crippen LogP) is 2.53. The zero-order chi connectivity index (χ0) is 33.8. The Morgan fingerprint density at radius 1 is 1.12 bits per heavy atom.